The summed E-state index contributed by atoms with van der Waals surface area (Å²) in [5, 5.41) is 2.77. The van der Waals surface area contributed by atoms with Gasteiger partial charge in [0.2, 0.25) is 21.8 Å². The van der Waals surface area contributed by atoms with Crippen LogP contribution in [0.25, 0.3) is 0 Å². The predicted molar refractivity (Wildman–Crippen MR) is 120 cm³/mol. The van der Waals surface area contributed by atoms with Gasteiger partial charge in [0.25, 0.3) is 0 Å². The largest absolute Gasteiger partial charge is 0.486 e. The van der Waals surface area contributed by atoms with Crippen molar-refractivity contribution in [2.24, 2.45) is 0 Å². The Kier molecular flexibility index (Phi) is 5.69. The number of ether oxygens (including phenoxy) is 2. The highest BCUT2D eigenvalue weighted by atomic mass is 32.2. The summed E-state index contributed by atoms with van der Waals surface area (Å²) < 4.78 is 38.6. The van der Waals surface area contributed by atoms with Crippen molar-refractivity contribution in [3.63, 3.8) is 0 Å². The summed E-state index contributed by atoms with van der Waals surface area (Å²) in [5.41, 5.74) is 1.28. The van der Waals surface area contributed by atoms with Crippen LogP contribution in [0.1, 0.15) is 0 Å². The average molecular weight is 473 g/mol. The maximum atomic E-state index is 13.1. The first kappa shape index (κ1) is 21.7. The van der Waals surface area contributed by atoms with Crippen molar-refractivity contribution in [3.8, 4) is 11.5 Å². The van der Waals surface area contributed by atoms with Crippen molar-refractivity contribution in [1.29, 1.82) is 0 Å². The molecule has 33 heavy (non-hydrogen) atoms. The molecular formula is C22H24N4O6S. The number of para-hydroxylation sites is 2. The molecule has 1 saturated heterocycles. The van der Waals surface area contributed by atoms with E-state index >= 15 is 0 Å². The molecule has 5 rings (SSSR count). The summed E-state index contributed by atoms with van der Waals surface area (Å²) in [5.74, 6) is 0.534. The number of amides is 2. The molecule has 3 aliphatic heterocycles. The number of carbonyl (C=O) groups is 2. The van der Waals surface area contributed by atoms with Crippen molar-refractivity contribution in [3.05, 3.63) is 42.5 Å². The Morgan fingerprint density at radius 1 is 0.970 bits per heavy atom. The number of fused-ring (bicyclic) bond motifs is 2. The Balaban J connectivity index is 1.23. The van der Waals surface area contributed by atoms with Crippen LogP contribution in [0.15, 0.2) is 47.4 Å². The Hall–Kier alpha value is -3.15. The summed E-state index contributed by atoms with van der Waals surface area (Å²) in [6.45, 7) is 2.25. The first-order valence-electron chi connectivity index (χ1n) is 10.7. The molecule has 0 saturated carbocycles. The normalized spacial score (nSPS) is 19.0. The summed E-state index contributed by atoms with van der Waals surface area (Å²) in [4.78, 5) is 28.5. The zero-order valence-corrected chi connectivity index (χ0v) is 18.7. The van der Waals surface area contributed by atoms with Crippen LogP contribution in [0.2, 0.25) is 0 Å². The second kappa shape index (κ2) is 8.65. The fourth-order valence-corrected chi connectivity index (χ4v) is 5.63. The summed E-state index contributed by atoms with van der Waals surface area (Å²) in [7, 11) is -3.69. The molecule has 3 heterocycles. The highest BCUT2D eigenvalue weighted by molar-refractivity contribution is 7.89. The van der Waals surface area contributed by atoms with Gasteiger partial charge in [-0.3, -0.25) is 19.4 Å². The number of carbonyl (C=O) groups excluding carboxylic acids is 2. The highest BCUT2D eigenvalue weighted by Gasteiger charge is 2.32. The summed E-state index contributed by atoms with van der Waals surface area (Å²) in [6.07, 6.45) is 0. The molecule has 0 aliphatic carbocycles. The number of hydrogen-bond acceptors (Lipinski definition) is 7. The van der Waals surface area contributed by atoms with E-state index in [0.29, 0.717) is 49.2 Å². The number of nitrogens with zero attached hydrogens (tertiary/aromatic N) is 3. The van der Waals surface area contributed by atoms with Gasteiger partial charge >= 0.3 is 0 Å². The van der Waals surface area contributed by atoms with Crippen molar-refractivity contribution in [1.82, 2.24) is 9.21 Å². The van der Waals surface area contributed by atoms with Crippen LogP contribution in [0.5, 0.6) is 11.5 Å². The van der Waals surface area contributed by atoms with Gasteiger partial charge in [0.05, 0.1) is 22.8 Å². The van der Waals surface area contributed by atoms with Gasteiger partial charge in [0, 0.05) is 32.2 Å². The number of hydrogen-bond donors (Lipinski definition) is 1. The Morgan fingerprint density at radius 3 is 2.48 bits per heavy atom. The first-order chi connectivity index (χ1) is 15.9. The monoisotopic (exact) mass is 472 g/mol. The van der Waals surface area contributed by atoms with Crippen molar-refractivity contribution >= 4 is 33.2 Å². The van der Waals surface area contributed by atoms with E-state index in [2.05, 4.69) is 5.32 Å². The Morgan fingerprint density at radius 2 is 1.70 bits per heavy atom. The molecule has 0 unspecified atom stereocenters. The minimum atomic E-state index is -3.69. The van der Waals surface area contributed by atoms with Crippen LogP contribution >= 0.6 is 0 Å². The molecular weight excluding hydrogens is 448 g/mol. The maximum absolute atomic E-state index is 13.1. The lowest BCUT2D eigenvalue weighted by atomic mass is 10.2. The minimum absolute atomic E-state index is 0.0334. The van der Waals surface area contributed by atoms with E-state index < -0.39 is 10.0 Å². The Bertz CT molecular complexity index is 1190. The molecule has 2 aromatic rings. The molecule has 0 atom stereocenters. The zero-order chi connectivity index (χ0) is 23.0. The van der Waals surface area contributed by atoms with Crippen LogP contribution in [0.3, 0.4) is 0 Å². The Labute approximate surface area is 191 Å². The average Bonchev–Trinajstić information content (AvgIpc) is 2.83. The van der Waals surface area contributed by atoms with Crippen LogP contribution in [-0.4, -0.2) is 81.9 Å². The van der Waals surface area contributed by atoms with E-state index in [-0.39, 0.29) is 42.9 Å². The smallest absolute Gasteiger partial charge is 0.244 e. The maximum Gasteiger partial charge on any atom is 0.244 e. The fraction of sp³-hybridized carbons (Fsp3) is 0.364. The third-order valence-electron chi connectivity index (χ3n) is 5.91. The van der Waals surface area contributed by atoms with Gasteiger partial charge in [0.15, 0.2) is 11.5 Å². The number of piperazine rings is 1. The van der Waals surface area contributed by atoms with Crippen LogP contribution in [-0.2, 0) is 19.6 Å². The number of nitrogens with one attached hydrogen (secondary N) is 1. The van der Waals surface area contributed by atoms with E-state index in [1.807, 2.05) is 11.0 Å². The summed E-state index contributed by atoms with van der Waals surface area (Å²) >= 11 is 0. The molecule has 174 valence electrons. The van der Waals surface area contributed by atoms with E-state index in [1.54, 1.807) is 24.3 Å². The molecule has 1 fully saturated rings. The van der Waals surface area contributed by atoms with E-state index in [4.69, 9.17) is 9.47 Å². The molecule has 3 aliphatic rings. The van der Waals surface area contributed by atoms with Crippen molar-refractivity contribution in [2.75, 3.05) is 62.7 Å². The van der Waals surface area contributed by atoms with Gasteiger partial charge < -0.3 is 14.8 Å². The second-order valence-electron chi connectivity index (χ2n) is 8.03. The highest BCUT2D eigenvalue weighted by Crippen LogP contribution is 2.33. The minimum Gasteiger partial charge on any atom is -0.486 e. The van der Waals surface area contributed by atoms with Crippen molar-refractivity contribution in [2.45, 2.75) is 4.90 Å². The number of sulfonamides is 1. The molecule has 2 aromatic carbocycles. The van der Waals surface area contributed by atoms with Gasteiger partial charge in [-0.2, -0.15) is 4.31 Å². The van der Waals surface area contributed by atoms with Gasteiger partial charge in [-0.1, -0.05) is 12.1 Å². The topological polar surface area (TPSA) is 108 Å². The SMILES string of the molecule is O=C1CN(C(=O)CN2CCN(S(=O)(=O)c3ccc4c(c3)OCCO4)CC2)c2ccccc2N1. The molecule has 10 nitrogen and oxygen atoms in total. The van der Waals surface area contributed by atoms with Crippen molar-refractivity contribution < 1.29 is 27.5 Å². The van der Waals surface area contributed by atoms with Gasteiger partial charge in [-0.15, -0.1) is 0 Å². The van der Waals surface area contributed by atoms with Crippen LogP contribution in [0, 0.1) is 0 Å². The third-order valence-corrected chi connectivity index (χ3v) is 7.81. The molecule has 0 bridgehead atoms. The molecule has 2 amide bonds. The molecule has 0 spiro atoms. The first-order valence-corrected chi connectivity index (χ1v) is 12.2. The van der Waals surface area contributed by atoms with Gasteiger partial charge in [-0.05, 0) is 24.3 Å². The van der Waals surface area contributed by atoms with Gasteiger partial charge in [0.1, 0.15) is 19.8 Å². The third kappa shape index (κ3) is 4.26. The molecule has 0 aromatic heterocycles. The number of rotatable bonds is 4. The standard InChI is InChI=1S/C22H24N4O6S/c27-21-14-26(18-4-2-1-3-17(18)23-21)22(28)15-24-7-9-25(10-8-24)33(29,30)16-5-6-19-20(13-16)32-12-11-31-19/h1-6,13H,7-12,14-15H2,(H,23,27). The van der Waals surface area contributed by atoms with Crippen LogP contribution < -0.4 is 19.7 Å². The lowest BCUT2D eigenvalue weighted by Gasteiger charge is -2.35. The lowest BCUT2D eigenvalue weighted by Crippen LogP contribution is -2.52. The van der Waals surface area contributed by atoms with E-state index in [9.17, 15) is 18.0 Å². The number of benzene rings is 2. The quantitative estimate of drug-likeness (QED) is 0.700. The molecule has 1 N–H and O–H groups in total. The zero-order valence-electron chi connectivity index (χ0n) is 17.9. The molecule has 11 heteroatoms. The second-order valence-corrected chi connectivity index (χ2v) is 9.97. The number of anilines is 2. The predicted octanol–water partition coefficient (Wildman–Crippen LogP) is 0.749. The van der Waals surface area contributed by atoms with Crippen LogP contribution in [0.4, 0.5) is 11.4 Å². The summed E-state index contributed by atoms with van der Waals surface area (Å²) in [6, 6.07) is 11.8. The van der Waals surface area contributed by atoms with E-state index in [1.165, 1.54) is 21.3 Å². The van der Waals surface area contributed by atoms with Gasteiger partial charge in [-0.25, -0.2) is 8.42 Å². The van der Waals surface area contributed by atoms with E-state index in [0.717, 1.165) is 0 Å². The fourth-order valence-electron chi connectivity index (χ4n) is 4.19. The molecule has 0 radical (unpaired) electrons. The lowest BCUT2D eigenvalue weighted by molar-refractivity contribution is -0.122.